The van der Waals surface area contributed by atoms with Crippen LogP contribution in [-0.2, 0) is 4.74 Å². The molecule has 0 heterocycles. The largest absolute Gasteiger partial charge is 0.377 e. The number of hydrogen-bond donors (Lipinski definition) is 0. The number of amidine groups is 1. The van der Waals surface area contributed by atoms with Crippen LogP contribution >= 0.6 is 0 Å². The lowest BCUT2D eigenvalue weighted by Gasteiger charge is -2.12. The summed E-state index contributed by atoms with van der Waals surface area (Å²) in [5.41, 5.74) is 0. The highest BCUT2D eigenvalue weighted by Gasteiger charge is 1.98. The highest BCUT2D eigenvalue weighted by molar-refractivity contribution is 5.83. The summed E-state index contributed by atoms with van der Waals surface area (Å²) in [5, 5.41) is 8.19. The Balaban J connectivity index is 4.01. The van der Waals surface area contributed by atoms with Gasteiger partial charge in [0.05, 0.1) is 0 Å². The Kier molecular flexibility index (Phi) is 4.25. The molecule has 0 radical (unpaired) electrons. The summed E-state index contributed by atoms with van der Waals surface area (Å²) in [6.07, 6.45) is 1.70. The fourth-order valence-corrected chi connectivity index (χ4v) is 0.448. The highest BCUT2D eigenvalue weighted by atomic mass is 16.5. The normalized spacial score (nSPS) is 10.8. The van der Waals surface area contributed by atoms with Crippen LogP contribution in [0.15, 0.2) is 4.99 Å². The molecule has 0 aromatic heterocycles. The van der Waals surface area contributed by atoms with Crippen LogP contribution in [0.2, 0.25) is 0 Å². The first-order valence-electron chi connectivity index (χ1n) is 2.84. The summed E-state index contributed by atoms with van der Waals surface area (Å²) in [6, 6.07) is 0. The van der Waals surface area contributed by atoms with Gasteiger partial charge in [0.1, 0.15) is 12.4 Å². The molecule has 4 nitrogen and oxygen atoms in total. The van der Waals surface area contributed by atoms with E-state index in [0.29, 0.717) is 12.4 Å². The van der Waals surface area contributed by atoms with Crippen molar-refractivity contribution in [2.45, 2.75) is 0 Å². The van der Waals surface area contributed by atoms with E-state index in [2.05, 4.69) is 4.99 Å². The molecule has 0 aliphatic carbocycles. The number of aliphatic imine (C=N–C) groups is 1. The third kappa shape index (κ3) is 3.05. The van der Waals surface area contributed by atoms with Crippen molar-refractivity contribution in [2.24, 2.45) is 4.99 Å². The Morgan fingerprint density at radius 2 is 2.30 bits per heavy atom. The van der Waals surface area contributed by atoms with Crippen molar-refractivity contribution in [1.29, 1.82) is 5.26 Å². The smallest absolute Gasteiger partial charge is 0.207 e. The van der Waals surface area contributed by atoms with Gasteiger partial charge in [-0.1, -0.05) is 0 Å². The lowest BCUT2D eigenvalue weighted by atomic mass is 10.6. The van der Waals surface area contributed by atoms with Crippen LogP contribution in [0.25, 0.3) is 0 Å². The number of hydrogen-bond acceptors (Lipinski definition) is 3. The van der Waals surface area contributed by atoms with Crippen LogP contribution in [0.1, 0.15) is 0 Å². The van der Waals surface area contributed by atoms with Crippen LogP contribution in [-0.4, -0.2) is 38.5 Å². The standard InChI is InChI=1S/C6H11N3O/c1-9(2)6(4-10-3)8-5-7/h4H2,1-3H3/b8-6-. The van der Waals surface area contributed by atoms with Gasteiger partial charge in [0.25, 0.3) is 0 Å². The van der Waals surface area contributed by atoms with Gasteiger partial charge in [-0.15, -0.1) is 0 Å². The first kappa shape index (κ1) is 8.92. The minimum absolute atomic E-state index is 0.376. The summed E-state index contributed by atoms with van der Waals surface area (Å²) in [5.74, 6) is 0.630. The van der Waals surface area contributed by atoms with E-state index in [1.54, 1.807) is 18.2 Å². The fourth-order valence-electron chi connectivity index (χ4n) is 0.448. The molecule has 0 aliphatic rings. The van der Waals surface area contributed by atoms with Crippen LogP contribution in [0.4, 0.5) is 0 Å². The van der Waals surface area contributed by atoms with Gasteiger partial charge >= 0.3 is 0 Å². The van der Waals surface area contributed by atoms with E-state index in [0.717, 1.165) is 0 Å². The third-order valence-electron chi connectivity index (χ3n) is 0.969. The minimum atomic E-state index is 0.376. The maximum atomic E-state index is 8.19. The Labute approximate surface area is 60.7 Å². The molecule has 4 heteroatoms. The SMILES string of the molecule is COC/C(=N/C#N)N(C)C. The average Bonchev–Trinajstić information content (AvgIpc) is 1.87. The molecule has 56 valence electrons. The van der Waals surface area contributed by atoms with Crippen LogP contribution in [0, 0.1) is 11.5 Å². The lowest BCUT2D eigenvalue weighted by molar-refractivity contribution is 0.236. The van der Waals surface area contributed by atoms with Gasteiger partial charge < -0.3 is 9.64 Å². The Bertz CT molecular complexity index is 157. The molecule has 10 heavy (non-hydrogen) atoms. The summed E-state index contributed by atoms with van der Waals surface area (Å²) >= 11 is 0. The van der Waals surface area contributed by atoms with Gasteiger partial charge in [-0.05, 0) is 0 Å². The predicted molar refractivity (Wildman–Crippen MR) is 38.6 cm³/mol. The molecule has 0 spiro atoms. The topological polar surface area (TPSA) is 48.6 Å². The molecule has 0 unspecified atom stereocenters. The van der Waals surface area contributed by atoms with Crippen molar-refractivity contribution in [3.8, 4) is 6.19 Å². The molecule has 0 aromatic carbocycles. The molecular weight excluding hydrogens is 130 g/mol. The summed E-state index contributed by atoms with van der Waals surface area (Å²) in [6.45, 7) is 0.376. The molecule has 0 N–H and O–H groups in total. The van der Waals surface area contributed by atoms with Crippen LogP contribution in [0.5, 0.6) is 0 Å². The first-order valence-corrected chi connectivity index (χ1v) is 2.84. The van der Waals surface area contributed by atoms with Crippen molar-refractivity contribution in [3.05, 3.63) is 0 Å². The van der Waals surface area contributed by atoms with Crippen LogP contribution < -0.4 is 0 Å². The Morgan fingerprint density at radius 1 is 1.70 bits per heavy atom. The molecule has 0 aromatic rings. The quantitative estimate of drug-likeness (QED) is 0.311. The zero-order valence-corrected chi connectivity index (χ0v) is 6.46. The highest BCUT2D eigenvalue weighted by Crippen LogP contribution is 1.83. The average molecular weight is 141 g/mol. The van der Waals surface area contributed by atoms with Crippen LogP contribution in [0.3, 0.4) is 0 Å². The summed E-state index contributed by atoms with van der Waals surface area (Å²) in [7, 11) is 5.20. The maximum Gasteiger partial charge on any atom is 0.207 e. The monoisotopic (exact) mass is 141 g/mol. The molecule has 0 saturated carbocycles. The maximum absolute atomic E-state index is 8.19. The minimum Gasteiger partial charge on any atom is -0.377 e. The van der Waals surface area contributed by atoms with E-state index in [9.17, 15) is 0 Å². The second-order valence-corrected chi connectivity index (χ2v) is 1.96. The fraction of sp³-hybridized carbons (Fsp3) is 0.667. The number of nitriles is 1. The van der Waals surface area contributed by atoms with E-state index in [-0.39, 0.29) is 0 Å². The van der Waals surface area contributed by atoms with Crippen molar-refractivity contribution in [1.82, 2.24) is 4.90 Å². The van der Waals surface area contributed by atoms with Gasteiger partial charge in [-0.3, -0.25) is 0 Å². The molecule has 0 atom stereocenters. The molecule has 0 aliphatic heterocycles. The van der Waals surface area contributed by atoms with Gasteiger partial charge in [0.2, 0.25) is 6.19 Å². The van der Waals surface area contributed by atoms with Crippen molar-refractivity contribution >= 4 is 5.84 Å². The van der Waals surface area contributed by atoms with Gasteiger partial charge in [-0.2, -0.15) is 10.3 Å². The van der Waals surface area contributed by atoms with Crippen molar-refractivity contribution < 1.29 is 4.74 Å². The van der Waals surface area contributed by atoms with E-state index < -0.39 is 0 Å². The third-order valence-corrected chi connectivity index (χ3v) is 0.969. The molecule has 0 saturated heterocycles. The number of nitrogens with zero attached hydrogens (tertiary/aromatic N) is 3. The summed E-state index contributed by atoms with van der Waals surface area (Å²) in [4.78, 5) is 5.28. The summed E-state index contributed by atoms with van der Waals surface area (Å²) < 4.78 is 4.79. The van der Waals surface area contributed by atoms with Gasteiger partial charge in [0, 0.05) is 21.2 Å². The van der Waals surface area contributed by atoms with E-state index >= 15 is 0 Å². The number of likely N-dealkylation sites (N-methyl/N-ethyl adjacent to an activating group) is 1. The van der Waals surface area contributed by atoms with E-state index in [1.807, 2.05) is 14.1 Å². The Morgan fingerprint density at radius 3 is 2.60 bits per heavy atom. The van der Waals surface area contributed by atoms with Gasteiger partial charge in [0.15, 0.2) is 0 Å². The Hall–Kier alpha value is -1.08. The number of ether oxygens (including phenoxy) is 1. The molecule has 0 amide bonds. The number of methoxy groups -OCH3 is 1. The van der Waals surface area contributed by atoms with Crippen molar-refractivity contribution in [2.75, 3.05) is 27.8 Å². The second-order valence-electron chi connectivity index (χ2n) is 1.96. The zero-order chi connectivity index (χ0) is 7.98. The molecule has 0 bridgehead atoms. The van der Waals surface area contributed by atoms with Crippen molar-refractivity contribution in [3.63, 3.8) is 0 Å². The number of rotatable bonds is 2. The molecule has 0 rings (SSSR count). The predicted octanol–water partition coefficient (Wildman–Crippen LogP) is 0.0740. The molecule has 0 fully saturated rings. The van der Waals surface area contributed by atoms with Gasteiger partial charge in [-0.25, -0.2) is 0 Å². The van der Waals surface area contributed by atoms with E-state index in [4.69, 9.17) is 10.00 Å². The second kappa shape index (κ2) is 4.77. The molecular formula is C6H11N3O. The lowest BCUT2D eigenvalue weighted by Crippen LogP contribution is -2.25. The zero-order valence-electron chi connectivity index (χ0n) is 6.46. The van der Waals surface area contributed by atoms with E-state index in [1.165, 1.54) is 0 Å². The first-order chi connectivity index (χ1) is 4.72.